The highest BCUT2D eigenvalue weighted by molar-refractivity contribution is 5.93. The molecular formula is C33H28F8N10O4. The molecule has 1 N–H and O–H groups in total. The topological polar surface area (TPSA) is 163 Å². The quantitative estimate of drug-likeness (QED) is 0.167. The van der Waals surface area contributed by atoms with Crippen molar-refractivity contribution < 1.29 is 53.8 Å². The average molecular weight is 781 g/mol. The largest absolute Gasteiger partial charge is 0.435 e. The van der Waals surface area contributed by atoms with Crippen molar-refractivity contribution in [3.05, 3.63) is 107 Å². The first-order chi connectivity index (χ1) is 25.7. The lowest BCUT2D eigenvalue weighted by atomic mass is 10.2. The number of nitrogens with zero attached hydrogens (tertiary/aromatic N) is 9. The molecule has 4 aromatic heterocycles. The number of rotatable bonds is 8. The first-order valence-corrected chi connectivity index (χ1v) is 15.7. The number of hydrogen-bond acceptors (Lipinski definition) is 10. The Morgan fingerprint density at radius 3 is 1.65 bits per heavy atom. The molecule has 0 bridgehead atoms. The summed E-state index contributed by atoms with van der Waals surface area (Å²) in [5.74, 6) is -2.14. The van der Waals surface area contributed by atoms with Crippen molar-refractivity contribution in [1.82, 2.24) is 50.1 Å². The van der Waals surface area contributed by atoms with E-state index in [2.05, 4.69) is 35.8 Å². The van der Waals surface area contributed by atoms with Gasteiger partial charge in [0.15, 0.2) is 11.4 Å². The molecule has 0 radical (unpaired) electrons. The summed E-state index contributed by atoms with van der Waals surface area (Å²) in [7, 11) is 3.86. The molecule has 14 nitrogen and oxygen atoms in total. The number of aromatic nitrogens is 8. The summed E-state index contributed by atoms with van der Waals surface area (Å²) in [5, 5.41) is 16.5. The third-order valence-electron chi connectivity index (χ3n) is 7.82. The lowest BCUT2D eigenvalue weighted by Crippen LogP contribution is -2.31. The predicted octanol–water partition coefficient (Wildman–Crippen LogP) is 6.58. The standard InChI is InChI=1S/C17H15F4N5O2.C16H13F4N5O2/c1-9(15-22-14(24-28-15)10-5-4-6-11(18)7-10)25(2)16(27)12-8-13(17(19,20)21)23-26(12)3;1-8(15-22-13(24-27-15)9-4-3-5-10(17)6-9)21-14(26)11-7-12(16(18,19)20)23-25(11)2/h4-9H,1-3H3;3-8H,1-2H3,(H,21,26)/t9-;8-/m00/s1. The van der Waals surface area contributed by atoms with Crippen molar-refractivity contribution in [2.75, 3.05) is 7.05 Å². The van der Waals surface area contributed by atoms with Crippen molar-refractivity contribution in [2.24, 2.45) is 14.1 Å². The van der Waals surface area contributed by atoms with Gasteiger partial charge in [-0.1, -0.05) is 34.6 Å². The van der Waals surface area contributed by atoms with Gasteiger partial charge in [-0.05, 0) is 38.1 Å². The normalized spacial score (nSPS) is 12.8. The number of benzene rings is 2. The van der Waals surface area contributed by atoms with Crippen LogP contribution in [-0.4, -0.2) is 63.6 Å². The monoisotopic (exact) mass is 780 g/mol. The maximum Gasteiger partial charge on any atom is 0.435 e. The molecule has 0 aliphatic carbocycles. The average Bonchev–Trinajstić information content (AvgIpc) is 3.93. The number of aryl methyl sites for hydroxylation is 2. The van der Waals surface area contributed by atoms with Crippen LogP contribution in [0.3, 0.4) is 0 Å². The third kappa shape index (κ3) is 9.19. The molecule has 6 rings (SSSR count). The van der Waals surface area contributed by atoms with E-state index in [1.54, 1.807) is 19.1 Å². The van der Waals surface area contributed by atoms with Gasteiger partial charge in [-0.2, -0.15) is 46.5 Å². The van der Waals surface area contributed by atoms with Gasteiger partial charge in [0.1, 0.15) is 35.1 Å². The van der Waals surface area contributed by atoms with Gasteiger partial charge < -0.3 is 19.3 Å². The number of amides is 2. The zero-order valence-electron chi connectivity index (χ0n) is 29.1. The molecule has 0 spiro atoms. The Bertz CT molecular complexity index is 2310. The summed E-state index contributed by atoms with van der Waals surface area (Å²) in [6, 6.07) is 10.9. The number of carbonyl (C=O) groups excluding carboxylic acids is 2. The molecule has 0 unspecified atom stereocenters. The van der Waals surface area contributed by atoms with E-state index in [0.717, 1.165) is 14.3 Å². The second-order valence-electron chi connectivity index (χ2n) is 11.8. The first-order valence-electron chi connectivity index (χ1n) is 15.7. The molecule has 0 saturated carbocycles. The Balaban J connectivity index is 0.000000211. The predicted molar refractivity (Wildman–Crippen MR) is 172 cm³/mol. The molecule has 2 aromatic carbocycles. The van der Waals surface area contributed by atoms with Gasteiger partial charge in [0, 0.05) is 44.4 Å². The van der Waals surface area contributed by atoms with E-state index >= 15 is 0 Å². The van der Waals surface area contributed by atoms with Crippen LogP contribution in [0, 0.1) is 11.6 Å². The third-order valence-corrected chi connectivity index (χ3v) is 7.82. The molecule has 0 aliphatic rings. The van der Waals surface area contributed by atoms with Gasteiger partial charge in [0.25, 0.3) is 11.8 Å². The fourth-order valence-corrected chi connectivity index (χ4v) is 4.78. The van der Waals surface area contributed by atoms with Crippen LogP contribution in [0.25, 0.3) is 22.8 Å². The molecule has 4 heterocycles. The number of carbonyl (C=O) groups is 2. The zero-order chi connectivity index (χ0) is 40.4. The minimum atomic E-state index is -4.66. The van der Waals surface area contributed by atoms with Crippen LogP contribution in [0.15, 0.2) is 69.7 Å². The maximum absolute atomic E-state index is 13.3. The Morgan fingerprint density at radius 1 is 0.727 bits per heavy atom. The highest BCUT2D eigenvalue weighted by Crippen LogP contribution is 2.30. The molecule has 22 heteroatoms. The smallest absolute Gasteiger partial charge is 0.339 e. The van der Waals surface area contributed by atoms with Gasteiger partial charge in [0.2, 0.25) is 23.4 Å². The second kappa shape index (κ2) is 15.5. The zero-order valence-corrected chi connectivity index (χ0v) is 29.1. The van der Waals surface area contributed by atoms with E-state index in [0.29, 0.717) is 23.3 Å². The molecule has 0 aliphatic heterocycles. The summed E-state index contributed by atoms with van der Waals surface area (Å²) < 4.78 is 115. The van der Waals surface area contributed by atoms with Gasteiger partial charge in [-0.25, -0.2) is 8.78 Å². The Kier molecular flexibility index (Phi) is 11.2. The van der Waals surface area contributed by atoms with Crippen LogP contribution >= 0.6 is 0 Å². The SMILES string of the molecule is C[C@@H](c1nc(-c2cccc(F)c2)no1)N(C)C(=O)c1cc(C(F)(F)F)nn1C.C[C@H](NC(=O)c1cc(C(F)(F)F)nn1C)c1nc(-c2cccc(F)c2)no1. The van der Waals surface area contributed by atoms with Crippen molar-refractivity contribution >= 4 is 11.8 Å². The van der Waals surface area contributed by atoms with Crippen molar-refractivity contribution in [1.29, 1.82) is 0 Å². The fourth-order valence-electron chi connectivity index (χ4n) is 4.78. The van der Waals surface area contributed by atoms with Crippen molar-refractivity contribution in [3.63, 3.8) is 0 Å². The van der Waals surface area contributed by atoms with E-state index in [1.807, 2.05) is 0 Å². The Morgan fingerprint density at radius 2 is 1.18 bits per heavy atom. The van der Waals surface area contributed by atoms with E-state index in [-0.39, 0.29) is 34.8 Å². The number of hydrogen-bond donors (Lipinski definition) is 1. The number of alkyl halides is 6. The molecule has 0 saturated heterocycles. The van der Waals surface area contributed by atoms with Crippen LogP contribution in [0.2, 0.25) is 0 Å². The molecule has 2 atom stereocenters. The van der Waals surface area contributed by atoms with Crippen LogP contribution in [0.5, 0.6) is 0 Å². The molecule has 55 heavy (non-hydrogen) atoms. The maximum atomic E-state index is 13.3. The van der Waals surface area contributed by atoms with Gasteiger partial charge in [-0.3, -0.25) is 19.0 Å². The van der Waals surface area contributed by atoms with Gasteiger partial charge >= 0.3 is 12.4 Å². The fraction of sp³-hybridized carbons (Fsp3) is 0.273. The molecule has 6 aromatic rings. The highest BCUT2D eigenvalue weighted by Gasteiger charge is 2.37. The van der Waals surface area contributed by atoms with Crippen LogP contribution < -0.4 is 5.32 Å². The lowest BCUT2D eigenvalue weighted by molar-refractivity contribution is -0.142. The van der Waals surface area contributed by atoms with Gasteiger partial charge in [-0.15, -0.1) is 0 Å². The van der Waals surface area contributed by atoms with Gasteiger partial charge in [0.05, 0.1) is 0 Å². The molecule has 290 valence electrons. The summed E-state index contributed by atoms with van der Waals surface area (Å²) in [4.78, 5) is 34.2. The first kappa shape index (κ1) is 39.7. The van der Waals surface area contributed by atoms with E-state index < -0.39 is 59.3 Å². The van der Waals surface area contributed by atoms with E-state index in [9.17, 15) is 44.7 Å². The van der Waals surface area contributed by atoms with E-state index in [4.69, 9.17) is 9.05 Å². The Labute approximate surface area is 304 Å². The number of nitrogens with one attached hydrogen (secondary N) is 1. The van der Waals surface area contributed by atoms with Crippen LogP contribution in [0.1, 0.15) is 70.1 Å². The van der Waals surface area contributed by atoms with Crippen molar-refractivity contribution in [3.8, 4) is 22.8 Å². The van der Waals surface area contributed by atoms with Crippen molar-refractivity contribution in [2.45, 2.75) is 38.3 Å². The van der Waals surface area contributed by atoms with E-state index in [1.165, 1.54) is 64.5 Å². The number of halogens is 8. The minimum absolute atomic E-state index is 0.0147. The lowest BCUT2D eigenvalue weighted by Gasteiger charge is -2.21. The van der Waals surface area contributed by atoms with Crippen LogP contribution in [-0.2, 0) is 26.4 Å². The highest BCUT2D eigenvalue weighted by atomic mass is 19.4. The molecule has 0 fully saturated rings. The summed E-state index contributed by atoms with van der Waals surface area (Å²) in [5.41, 5.74) is -2.09. The molecular weight excluding hydrogens is 752 g/mol. The van der Waals surface area contributed by atoms with Crippen LogP contribution in [0.4, 0.5) is 35.1 Å². The summed E-state index contributed by atoms with van der Waals surface area (Å²) >= 11 is 0. The second-order valence-corrected chi connectivity index (χ2v) is 11.8. The Hall–Kier alpha value is -6.48. The minimum Gasteiger partial charge on any atom is -0.339 e. The molecule has 2 amide bonds. The summed E-state index contributed by atoms with van der Waals surface area (Å²) in [6.07, 6.45) is -9.32. The summed E-state index contributed by atoms with van der Waals surface area (Å²) in [6.45, 7) is 3.09.